The first-order valence-electron chi connectivity index (χ1n) is 6.97. The van der Waals surface area contributed by atoms with E-state index in [1.54, 1.807) is 6.20 Å². The minimum Gasteiger partial charge on any atom is -0.492 e. The number of hydrogen-bond donors (Lipinski definition) is 0. The quantitative estimate of drug-likeness (QED) is 0.657. The summed E-state index contributed by atoms with van der Waals surface area (Å²) < 4.78 is 9.68. The Labute approximate surface area is 128 Å². The van der Waals surface area contributed by atoms with Gasteiger partial charge in [0.1, 0.15) is 17.1 Å². The fourth-order valence-electron chi connectivity index (χ4n) is 2.43. The maximum absolute atomic E-state index is 6.05. The summed E-state index contributed by atoms with van der Waals surface area (Å²) >= 11 is 6.05. The molecule has 0 saturated carbocycles. The molecule has 0 aliphatic carbocycles. The Hall–Kier alpha value is -2.01. The van der Waals surface area contributed by atoms with Gasteiger partial charge >= 0.3 is 0 Å². The van der Waals surface area contributed by atoms with E-state index in [1.807, 2.05) is 42.1 Å². The number of aryl methyl sites for hydroxylation is 2. The predicted octanol–water partition coefficient (Wildman–Crippen LogP) is 3.07. The van der Waals surface area contributed by atoms with Crippen molar-refractivity contribution in [2.45, 2.75) is 25.9 Å². The predicted molar refractivity (Wildman–Crippen MR) is 82.7 cm³/mol. The van der Waals surface area contributed by atoms with Crippen LogP contribution in [-0.4, -0.2) is 25.9 Å². The maximum Gasteiger partial charge on any atom is 0.147 e. The SMILES string of the molecule is CCOc1cccc2c1nc(CCl)n2CCn1cccn1. The Balaban J connectivity index is 1.97. The van der Waals surface area contributed by atoms with Gasteiger partial charge in [0.25, 0.3) is 0 Å². The van der Waals surface area contributed by atoms with Crippen LogP contribution in [0.1, 0.15) is 12.7 Å². The van der Waals surface area contributed by atoms with Gasteiger partial charge in [-0.25, -0.2) is 4.98 Å². The van der Waals surface area contributed by atoms with Gasteiger partial charge in [0.05, 0.1) is 24.5 Å². The average Bonchev–Trinajstić information content (AvgIpc) is 3.13. The zero-order valence-corrected chi connectivity index (χ0v) is 12.6. The fraction of sp³-hybridized carbons (Fsp3) is 0.333. The fourth-order valence-corrected chi connectivity index (χ4v) is 2.63. The van der Waals surface area contributed by atoms with Gasteiger partial charge in [-0.2, -0.15) is 5.10 Å². The molecule has 0 aliphatic heterocycles. The summed E-state index contributed by atoms with van der Waals surface area (Å²) in [5.41, 5.74) is 1.92. The van der Waals surface area contributed by atoms with Crippen molar-refractivity contribution in [2.24, 2.45) is 0 Å². The van der Waals surface area contributed by atoms with E-state index in [9.17, 15) is 0 Å². The van der Waals surface area contributed by atoms with Crippen LogP contribution in [0.25, 0.3) is 11.0 Å². The van der Waals surface area contributed by atoms with Crippen molar-refractivity contribution >= 4 is 22.6 Å². The Bertz CT molecular complexity index is 721. The number of fused-ring (bicyclic) bond motifs is 1. The lowest BCUT2D eigenvalue weighted by Gasteiger charge is -2.08. The molecular formula is C15H17ClN4O. The van der Waals surface area contributed by atoms with Crippen LogP contribution in [0.3, 0.4) is 0 Å². The normalized spacial score (nSPS) is 11.1. The second kappa shape index (κ2) is 6.18. The highest BCUT2D eigenvalue weighted by molar-refractivity contribution is 6.16. The first kappa shape index (κ1) is 13.9. The lowest BCUT2D eigenvalue weighted by Crippen LogP contribution is -2.10. The number of imidazole rings is 1. The van der Waals surface area contributed by atoms with Crippen LogP contribution in [-0.2, 0) is 19.0 Å². The third kappa shape index (κ3) is 2.74. The molecule has 5 nitrogen and oxygen atoms in total. The van der Waals surface area contributed by atoms with Crippen molar-refractivity contribution in [1.29, 1.82) is 0 Å². The third-order valence-corrected chi connectivity index (χ3v) is 3.59. The van der Waals surface area contributed by atoms with Crippen molar-refractivity contribution in [2.75, 3.05) is 6.61 Å². The van der Waals surface area contributed by atoms with Gasteiger partial charge in [0.15, 0.2) is 0 Å². The molecule has 6 heteroatoms. The highest BCUT2D eigenvalue weighted by atomic mass is 35.5. The molecule has 0 N–H and O–H groups in total. The van der Waals surface area contributed by atoms with Crippen LogP contribution in [0.5, 0.6) is 5.75 Å². The van der Waals surface area contributed by atoms with Gasteiger partial charge in [-0.05, 0) is 25.1 Å². The van der Waals surface area contributed by atoms with E-state index in [0.717, 1.165) is 35.7 Å². The molecule has 3 rings (SSSR count). The van der Waals surface area contributed by atoms with Crippen LogP contribution in [0, 0.1) is 0 Å². The van der Waals surface area contributed by atoms with Gasteiger partial charge in [-0.1, -0.05) is 6.07 Å². The van der Waals surface area contributed by atoms with E-state index in [2.05, 4.69) is 14.6 Å². The molecule has 110 valence electrons. The first-order valence-corrected chi connectivity index (χ1v) is 7.51. The molecule has 0 atom stereocenters. The van der Waals surface area contributed by atoms with Crippen molar-refractivity contribution in [1.82, 2.24) is 19.3 Å². The molecule has 0 spiro atoms. The number of para-hydroxylation sites is 1. The molecule has 1 aromatic carbocycles. The molecule has 0 radical (unpaired) electrons. The highest BCUT2D eigenvalue weighted by Crippen LogP contribution is 2.26. The Morgan fingerprint density at radius 3 is 2.86 bits per heavy atom. The van der Waals surface area contributed by atoms with E-state index < -0.39 is 0 Å². The minimum atomic E-state index is 0.374. The Morgan fingerprint density at radius 1 is 1.24 bits per heavy atom. The zero-order chi connectivity index (χ0) is 14.7. The molecule has 2 heterocycles. The van der Waals surface area contributed by atoms with Gasteiger partial charge in [-0.15, -0.1) is 11.6 Å². The molecule has 2 aromatic heterocycles. The number of aromatic nitrogens is 4. The highest BCUT2D eigenvalue weighted by Gasteiger charge is 2.13. The van der Waals surface area contributed by atoms with Crippen LogP contribution >= 0.6 is 11.6 Å². The number of halogens is 1. The number of benzene rings is 1. The Morgan fingerprint density at radius 2 is 2.14 bits per heavy atom. The molecule has 21 heavy (non-hydrogen) atoms. The smallest absolute Gasteiger partial charge is 0.147 e. The number of nitrogens with zero attached hydrogens (tertiary/aromatic N) is 4. The summed E-state index contributed by atoms with van der Waals surface area (Å²) in [6.45, 7) is 4.14. The van der Waals surface area contributed by atoms with Crippen LogP contribution in [0.15, 0.2) is 36.7 Å². The molecular weight excluding hydrogens is 288 g/mol. The van der Waals surface area contributed by atoms with Crippen molar-refractivity contribution in [3.05, 3.63) is 42.5 Å². The summed E-state index contributed by atoms with van der Waals surface area (Å²) in [6.07, 6.45) is 3.73. The number of ether oxygens (including phenoxy) is 1. The van der Waals surface area contributed by atoms with Crippen molar-refractivity contribution < 1.29 is 4.74 Å². The molecule has 0 aliphatic rings. The topological polar surface area (TPSA) is 44.9 Å². The lowest BCUT2D eigenvalue weighted by atomic mass is 10.3. The van der Waals surface area contributed by atoms with Gasteiger partial charge in [0.2, 0.25) is 0 Å². The summed E-state index contributed by atoms with van der Waals surface area (Å²) in [4.78, 5) is 4.63. The van der Waals surface area contributed by atoms with E-state index >= 15 is 0 Å². The third-order valence-electron chi connectivity index (χ3n) is 3.35. The van der Waals surface area contributed by atoms with E-state index in [0.29, 0.717) is 12.5 Å². The zero-order valence-electron chi connectivity index (χ0n) is 11.9. The molecule has 0 fully saturated rings. The number of rotatable bonds is 6. The van der Waals surface area contributed by atoms with Crippen molar-refractivity contribution in [3.8, 4) is 5.75 Å². The van der Waals surface area contributed by atoms with Gasteiger partial charge in [-0.3, -0.25) is 4.68 Å². The largest absolute Gasteiger partial charge is 0.492 e. The standard InChI is InChI=1S/C15H17ClN4O/c1-2-21-13-6-3-5-12-15(13)18-14(11-16)20(12)10-9-19-8-4-7-17-19/h3-8H,2,9-11H2,1H3. The summed E-state index contributed by atoms with van der Waals surface area (Å²) in [7, 11) is 0. The first-order chi connectivity index (χ1) is 10.3. The lowest BCUT2D eigenvalue weighted by molar-refractivity contribution is 0.343. The number of hydrogen-bond acceptors (Lipinski definition) is 3. The van der Waals surface area contributed by atoms with Gasteiger partial charge in [0, 0.05) is 18.9 Å². The van der Waals surface area contributed by atoms with Crippen LogP contribution in [0.2, 0.25) is 0 Å². The number of alkyl halides is 1. The van der Waals surface area contributed by atoms with Crippen LogP contribution in [0.4, 0.5) is 0 Å². The maximum atomic E-state index is 6.05. The molecule has 0 saturated heterocycles. The van der Waals surface area contributed by atoms with Gasteiger partial charge < -0.3 is 9.30 Å². The summed E-state index contributed by atoms with van der Waals surface area (Å²) in [5.74, 6) is 2.03. The molecule has 0 bridgehead atoms. The monoisotopic (exact) mass is 304 g/mol. The summed E-state index contributed by atoms with van der Waals surface area (Å²) in [5, 5.41) is 4.22. The van der Waals surface area contributed by atoms with Crippen LogP contribution < -0.4 is 4.74 Å². The van der Waals surface area contributed by atoms with E-state index in [4.69, 9.17) is 16.3 Å². The van der Waals surface area contributed by atoms with E-state index in [1.165, 1.54) is 0 Å². The summed E-state index contributed by atoms with van der Waals surface area (Å²) in [6, 6.07) is 7.89. The average molecular weight is 305 g/mol. The van der Waals surface area contributed by atoms with Crippen molar-refractivity contribution in [3.63, 3.8) is 0 Å². The molecule has 0 unspecified atom stereocenters. The second-order valence-corrected chi connectivity index (χ2v) is 4.91. The molecule has 3 aromatic rings. The Kier molecular flexibility index (Phi) is 4.10. The minimum absolute atomic E-state index is 0.374. The second-order valence-electron chi connectivity index (χ2n) is 4.64. The molecule has 0 amide bonds. The van der Waals surface area contributed by atoms with E-state index in [-0.39, 0.29) is 0 Å².